The number of nitrogens with two attached hydrogens (primary N) is 1. The van der Waals surface area contributed by atoms with E-state index in [9.17, 15) is 4.79 Å². The number of halogens is 1. The summed E-state index contributed by atoms with van der Waals surface area (Å²) in [7, 11) is 1.68. The van der Waals surface area contributed by atoms with E-state index in [0.717, 1.165) is 43.8 Å². The Kier molecular flexibility index (Phi) is 8.36. The predicted octanol–water partition coefficient (Wildman–Crippen LogP) is 2.58. The van der Waals surface area contributed by atoms with Crippen molar-refractivity contribution in [3.63, 3.8) is 0 Å². The van der Waals surface area contributed by atoms with Crippen LogP contribution in [0.2, 0.25) is 0 Å². The van der Waals surface area contributed by atoms with E-state index in [2.05, 4.69) is 23.2 Å². The lowest BCUT2D eigenvalue weighted by atomic mass is 9.98. The summed E-state index contributed by atoms with van der Waals surface area (Å²) in [4.78, 5) is 14.6. The highest BCUT2D eigenvalue weighted by molar-refractivity contribution is 5.85. The first kappa shape index (κ1) is 20.6. The highest BCUT2D eigenvalue weighted by Crippen LogP contribution is 2.24. The Morgan fingerprint density at radius 2 is 2.25 bits per heavy atom. The van der Waals surface area contributed by atoms with Crippen LogP contribution in [0, 0.1) is 5.92 Å². The molecular weight excluding hydrogens is 326 g/mol. The average molecular weight is 356 g/mol. The Bertz CT molecular complexity index is 527. The molecule has 1 amide bonds. The first-order valence-electron chi connectivity index (χ1n) is 8.50. The largest absolute Gasteiger partial charge is 0.497 e. The van der Waals surface area contributed by atoms with Crippen molar-refractivity contribution in [1.82, 2.24) is 5.32 Å². The van der Waals surface area contributed by atoms with Gasteiger partial charge in [0.2, 0.25) is 5.91 Å². The van der Waals surface area contributed by atoms with Crippen molar-refractivity contribution < 1.29 is 9.53 Å². The van der Waals surface area contributed by atoms with E-state index in [-0.39, 0.29) is 30.3 Å². The highest BCUT2D eigenvalue weighted by Gasteiger charge is 2.25. The van der Waals surface area contributed by atoms with Gasteiger partial charge >= 0.3 is 0 Å². The molecule has 136 valence electrons. The van der Waals surface area contributed by atoms with E-state index in [1.807, 2.05) is 25.1 Å². The van der Waals surface area contributed by atoms with Gasteiger partial charge in [-0.05, 0) is 30.9 Å². The second-order valence-electron chi connectivity index (χ2n) is 6.41. The average Bonchev–Trinajstić information content (AvgIpc) is 2.60. The molecule has 3 atom stereocenters. The molecule has 24 heavy (non-hydrogen) atoms. The summed E-state index contributed by atoms with van der Waals surface area (Å²) >= 11 is 0. The van der Waals surface area contributed by atoms with E-state index in [1.54, 1.807) is 7.11 Å². The third-order valence-corrected chi connectivity index (χ3v) is 4.75. The number of benzene rings is 1. The van der Waals surface area contributed by atoms with Crippen LogP contribution >= 0.6 is 12.4 Å². The number of hydrogen-bond donors (Lipinski definition) is 2. The lowest BCUT2D eigenvalue weighted by Gasteiger charge is -2.35. The highest BCUT2D eigenvalue weighted by atomic mass is 35.5. The molecule has 1 fully saturated rings. The quantitative estimate of drug-likeness (QED) is 0.823. The minimum Gasteiger partial charge on any atom is -0.497 e. The van der Waals surface area contributed by atoms with E-state index in [0.29, 0.717) is 0 Å². The van der Waals surface area contributed by atoms with Crippen LogP contribution in [-0.2, 0) is 4.79 Å². The summed E-state index contributed by atoms with van der Waals surface area (Å²) in [6, 6.07) is 7.78. The Hall–Kier alpha value is -1.46. The molecule has 2 rings (SSSR count). The normalized spacial score (nSPS) is 19.8. The summed E-state index contributed by atoms with van der Waals surface area (Å²) in [6.45, 7) is 5.89. The Morgan fingerprint density at radius 3 is 2.92 bits per heavy atom. The molecule has 1 aromatic carbocycles. The Labute approximate surface area is 151 Å². The van der Waals surface area contributed by atoms with Crippen LogP contribution < -0.4 is 20.7 Å². The summed E-state index contributed by atoms with van der Waals surface area (Å²) in [6.07, 6.45) is 2.97. The van der Waals surface area contributed by atoms with Gasteiger partial charge in [0.05, 0.1) is 13.2 Å². The number of carbonyl (C=O) groups is 1. The number of piperidine rings is 1. The molecule has 3 unspecified atom stereocenters. The topological polar surface area (TPSA) is 67.6 Å². The van der Waals surface area contributed by atoms with Crippen LogP contribution in [0.25, 0.3) is 0 Å². The van der Waals surface area contributed by atoms with Gasteiger partial charge in [0, 0.05) is 30.9 Å². The van der Waals surface area contributed by atoms with Gasteiger partial charge in [-0.3, -0.25) is 4.79 Å². The van der Waals surface area contributed by atoms with Gasteiger partial charge < -0.3 is 20.7 Å². The monoisotopic (exact) mass is 355 g/mol. The zero-order chi connectivity index (χ0) is 16.8. The minimum atomic E-state index is -0.424. The number of nitrogens with zero attached hydrogens (tertiary/aromatic N) is 1. The number of hydrogen-bond acceptors (Lipinski definition) is 4. The fraction of sp³-hybridized carbons (Fsp3) is 0.611. The van der Waals surface area contributed by atoms with Crippen molar-refractivity contribution in [3.05, 3.63) is 24.3 Å². The molecule has 0 saturated carbocycles. The summed E-state index contributed by atoms with van der Waals surface area (Å²) < 4.78 is 5.29. The number of carbonyl (C=O) groups excluding carboxylic acids is 1. The maximum atomic E-state index is 12.3. The van der Waals surface area contributed by atoms with Gasteiger partial charge in [-0.25, -0.2) is 0 Å². The number of methoxy groups -OCH3 is 1. The molecule has 1 aliphatic rings. The molecule has 1 aromatic rings. The zero-order valence-electron chi connectivity index (χ0n) is 14.8. The third-order valence-electron chi connectivity index (χ3n) is 4.75. The molecule has 1 saturated heterocycles. The zero-order valence-corrected chi connectivity index (χ0v) is 15.6. The SMILES string of the molecule is CCC(C)C(N)C(=O)NC1CCCN(c2cccc(OC)c2)C1.Cl. The molecule has 1 aliphatic heterocycles. The molecule has 3 N–H and O–H groups in total. The van der Waals surface area contributed by atoms with Gasteiger partial charge in [-0.2, -0.15) is 0 Å². The predicted molar refractivity (Wildman–Crippen MR) is 101 cm³/mol. The van der Waals surface area contributed by atoms with Crippen molar-refractivity contribution in [2.75, 3.05) is 25.1 Å². The lowest BCUT2D eigenvalue weighted by molar-refractivity contribution is -0.124. The first-order chi connectivity index (χ1) is 11.0. The van der Waals surface area contributed by atoms with Gasteiger partial charge in [0.15, 0.2) is 0 Å². The maximum Gasteiger partial charge on any atom is 0.237 e. The van der Waals surface area contributed by atoms with Crippen LogP contribution in [0.15, 0.2) is 24.3 Å². The second-order valence-corrected chi connectivity index (χ2v) is 6.41. The minimum absolute atomic E-state index is 0. The van der Waals surface area contributed by atoms with Crippen molar-refractivity contribution >= 4 is 24.0 Å². The van der Waals surface area contributed by atoms with Crippen molar-refractivity contribution in [2.45, 2.75) is 45.2 Å². The third kappa shape index (κ3) is 5.28. The fourth-order valence-corrected chi connectivity index (χ4v) is 2.95. The van der Waals surface area contributed by atoms with Gasteiger partial charge in [-0.1, -0.05) is 26.3 Å². The van der Waals surface area contributed by atoms with E-state index < -0.39 is 6.04 Å². The van der Waals surface area contributed by atoms with Crippen LogP contribution in [0.1, 0.15) is 33.1 Å². The Morgan fingerprint density at radius 1 is 1.50 bits per heavy atom. The van der Waals surface area contributed by atoms with Gasteiger partial charge in [-0.15, -0.1) is 12.4 Å². The smallest absolute Gasteiger partial charge is 0.237 e. The standard InChI is InChI=1S/C18H29N3O2.ClH/c1-4-13(2)17(19)18(22)20-14-7-6-10-21(12-14)15-8-5-9-16(11-15)23-3;/h5,8-9,11,13-14,17H,4,6-7,10,12,19H2,1-3H3,(H,20,22);1H. The van der Waals surface area contributed by atoms with Crippen LogP contribution in [0.4, 0.5) is 5.69 Å². The Balaban J connectivity index is 0.00000288. The van der Waals surface area contributed by atoms with Crippen molar-refractivity contribution in [1.29, 1.82) is 0 Å². The molecule has 6 heteroatoms. The molecule has 0 radical (unpaired) electrons. The number of amides is 1. The van der Waals surface area contributed by atoms with Crippen LogP contribution in [0.5, 0.6) is 5.75 Å². The number of anilines is 1. The number of rotatable bonds is 6. The molecule has 1 heterocycles. The first-order valence-corrected chi connectivity index (χ1v) is 8.50. The molecule has 0 aromatic heterocycles. The number of nitrogens with one attached hydrogen (secondary N) is 1. The van der Waals surface area contributed by atoms with Gasteiger partial charge in [0.1, 0.15) is 5.75 Å². The van der Waals surface area contributed by atoms with E-state index in [1.165, 1.54) is 0 Å². The molecule has 0 spiro atoms. The van der Waals surface area contributed by atoms with Crippen LogP contribution in [0.3, 0.4) is 0 Å². The lowest BCUT2D eigenvalue weighted by Crippen LogP contribution is -2.53. The van der Waals surface area contributed by atoms with Crippen molar-refractivity contribution in [3.8, 4) is 5.75 Å². The van der Waals surface area contributed by atoms with E-state index >= 15 is 0 Å². The summed E-state index contributed by atoms with van der Waals surface area (Å²) in [5.74, 6) is 1.03. The summed E-state index contributed by atoms with van der Waals surface area (Å²) in [5, 5.41) is 3.13. The molecular formula is C18H30ClN3O2. The summed E-state index contributed by atoms with van der Waals surface area (Å²) in [5.41, 5.74) is 7.16. The number of ether oxygens (including phenoxy) is 1. The fourth-order valence-electron chi connectivity index (χ4n) is 2.95. The van der Waals surface area contributed by atoms with Crippen LogP contribution in [-0.4, -0.2) is 38.2 Å². The molecule has 0 bridgehead atoms. The molecule has 0 aliphatic carbocycles. The van der Waals surface area contributed by atoms with Crippen molar-refractivity contribution in [2.24, 2.45) is 11.7 Å². The molecule has 5 nitrogen and oxygen atoms in total. The second kappa shape index (κ2) is 9.74. The van der Waals surface area contributed by atoms with Gasteiger partial charge in [0.25, 0.3) is 0 Å². The maximum absolute atomic E-state index is 12.3. The van der Waals surface area contributed by atoms with E-state index in [4.69, 9.17) is 10.5 Å².